The lowest BCUT2D eigenvalue weighted by atomic mass is 10.0. The molecule has 112 valence electrons. The molecular formula is C19H18BrNO. The number of halogens is 1. The Morgan fingerprint density at radius 2 is 1.73 bits per heavy atom. The van der Waals surface area contributed by atoms with Crippen LogP contribution in [0.1, 0.15) is 24.1 Å². The largest absolute Gasteiger partial charge is 0.508 e. The second kappa shape index (κ2) is 6.51. The first kappa shape index (κ1) is 15.1. The van der Waals surface area contributed by atoms with Gasteiger partial charge < -0.3 is 10.4 Å². The Morgan fingerprint density at radius 1 is 1.00 bits per heavy atom. The molecule has 0 unspecified atom stereocenters. The van der Waals surface area contributed by atoms with Gasteiger partial charge in [0.1, 0.15) is 5.75 Å². The number of phenols is 1. The van der Waals surface area contributed by atoms with Gasteiger partial charge >= 0.3 is 0 Å². The normalized spacial score (nSPS) is 12.5. The molecule has 3 aromatic rings. The zero-order valence-electron chi connectivity index (χ0n) is 12.4. The maximum absolute atomic E-state index is 10.2. The van der Waals surface area contributed by atoms with E-state index in [1.54, 1.807) is 6.07 Å². The second-order valence-electron chi connectivity index (χ2n) is 5.44. The summed E-state index contributed by atoms with van der Waals surface area (Å²) < 4.78 is 1.08. The first-order valence-corrected chi connectivity index (χ1v) is 8.13. The van der Waals surface area contributed by atoms with Gasteiger partial charge in [0.05, 0.1) is 0 Å². The van der Waals surface area contributed by atoms with Crippen LogP contribution in [0.3, 0.4) is 0 Å². The molecule has 0 heterocycles. The number of rotatable bonds is 4. The summed E-state index contributed by atoms with van der Waals surface area (Å²) in [4.78, 5) is 0. The van der Waals surface area contributed by atoms with Gasteiger partial charge in [-0.25, -0.2) is 0 Å². The summed E-state index contributed by atoms with van der Waals surface area (Å²) in [5.41, 5.74) is 2.17. The van der Waals surface area contributed by atoms with E-state index >= 15 is 0 Å². The lowest BCUT2D eigenvalue weighted by Gasteiger charge is -2.16. The van der Waals surface area contributed by atoms with Crippen molar-refractivity contribution < 1.29 is 5.11 Å². The Labute approximate surface area is 138 Å². The molecule has 0 radical (unpaired) electrons. The highest BCUT2D eigenvalue weighted by molar-refractivity contribution is 9.10. The first-order valence-electron chi connectivity index (χ1n) is 7.33. The van der Waals surface area contributed by atoms with E-state index < -0.39 is 0 Å². The van der Waals surface area contributed by atoms with Gasteiger partial charge in [-0.15, -0.1) is 0 Å². The molecule has 3 heteroatoms. The molecule has 22 heavy (non-hydrogen) atoms. The van der Waals surface area contributed by atoms with E-state index in [-0.39, 0.29) is 6.04 Å². The molecule has 2 nitrogen and oxygen atoms in total. The SMILES string of the molecule is C[C@@H](NCc1c(O)ccc2ccccc12)c1ccc(Br)cc1. The Hall–Kier alpha value is -1.84. The minimum atomic E-state index is 0.214. The highest BCUT2D eigenvalue weighted by atomic mass is 79.9. The van der Waals surface area contributed by atoms with Crippen LogP contribution >= 0.6 is 15.9 Å². The minimum Gasteiger partial charge on any atom is -0.508 e. The fourth-order valence-corrected chi connectivity index (χ4v) is 2.90. The monoisotopic (exact) mass is 355 g/mol. The lowest BCUT2D eigenvalue weighted by molar-refractivity contribution is 0.462. The van der Waals surface area contributed by atoms with Crippen molar-refractivity contribution in [3.05, 3.63) is 76.3 Å². The zero-order valence-corrected chi connectivity index (χ0v) is 14.0. The number of hydrogen-bond acceptors (Lipinski definition) is 2. The van der Waals surface area contributed by atoms with Crippen LogP contribution in [-0.4, -0.2) is 5.11 Å². The standard InChI is InChI=1S/C19H18BrNO/c1-13(14-6-9-16(20)10-7-14)21-12-18-17-5-3-2-4-15(17)8-11-19(18)22/h2-11,13,21-22H,12H2,1H3/t13-/m1/s1. The van der Waals surface area contributed by atoms with Crippen molar-refractivity contribution in [2.45, 2.75) is 19.5 Å². The van der Waals surface area contributed by atoms with Crippen LogP contribution < -0.4 is 5.32 Å². The Bertz CT molecular complexity index is 783. The molecule has 2 N–H and O–H groups in total. The molecule has 0 bridgehead atoms. The molecule has 0 aliphatic heterocycles. The molecular weight excluding hydrogens is 338 g/mol. The van der Waals surface area contributed by atoms with Crippen LogP contribution in [0.15, 0.2) is 65.1 Å². The van der Waals surface area contributed by atoms with Gasteiger partial charge in [-0.05, 0) is 41.5 Å². The van der Waals surface area contributed by atoms with E-state index in [1.165, 1.54) is 5.56 Å². The van der Waals surface area contributed by atoms with Crippen LogP contribution in [0.5, 0.6) is 5.75 Å². The van der Waals surface area contributed by atoms with E-state index in [0.717, 1.165) is 20.8 Å². The van der Waals surface area contributed by atoms with Gasteiger partial charge in [-0.1, -0.05) is 58.4 Å². The summed E-state index contributed by atoms with van der Waals surface area (Å²) in [6, 6.07) is 20.4. The van der Waals surface area contributed by atoms with Gasteiger partial charge in [0.15, 0.2) is 0 Å². The third-order valence-electron chi connectivity index (χ3n) is 3.97. The topological polar surface area (TPSA) is 32.3 Å². The third kappa shape index (κ3) is 3.16. The van der Waals surface area contributed by atoms with Crippen molar-refractivity contribution in [2.24, 2.45) is 0 Å². The Kier molecular flexibility index (Phi) is 4.46. The summed E-state index contributed by atoms with van der Waals surface area (Å²) in [5, 5.41) is 15.9. The molecule has 3 aromatic carbocycles. The number of aromatic hydroxyl groups is 1. The van der Waals surface area contributed by atoms with Crippen LogP contribution in [-0.2, 0) is 6.54 Å². The van der Waals surface area contributed by atoms with E-state index in [2.05, 4.69) is 52.4 Å². The Morgan fingerprint density at radius 3 is 2.50 bits per heavy atom. The molecule has 0 amide bonds. The van der Waals surface area contributed by atoms with Crippen molar-refractivity contribution >= 4 is 26.7 Å². The van der Waals surface area contributed by atoms with Gasteiger partial charge in [0.2, 0.25) is 0 Å². The maximum Gasteiger partial charge on any atom is 0.120 e. The molecule has 0 aromatic heterocycles. The molecule has 0 aliphatic rings. The van der Waals surface area contributed by atoms with Crippen molar-refractivity contribution in [3.63, 3.8) is 0 Å². The number of phenolic OH excluding ortho intramolecular Hbond substituents is 1. The molecule has 0 aliphatic carbocycles. The predicted molar refractivity (Wildman–Crippen MR) is 95.0 cm³/mol. The van der Waals surface area contributed by atoms with Crippen molar-refractivity contribution in [1.82, 2.24) is 5.32 Å². The van der Waals surface area contributed by atoms with Gasteiger partial charge in [0, 0.05) is 22.6 Å². The van der Waals surface area contributed by atoms with E-state index in [1.807, 2.05) is 30.3 Å². The van der Waals surface area contributed by atoms with Gasteiger partial charge in [0.25, 0.3) is 0 Å². The first-order chi connectivity index (χ1) is 10.6. The highest BCUT2D eigenvalue weighted by Gasteiger charge is 2.09. The quantitative estimate of drug-likeness (QED) is 0.677. The molecule has 0 saturated heterocycles. The lowest BCUT2D eigenvalue weighted by Crippen LogP contribution is -2.18. The third-order valence-corrected chi connectivity index (χ3v) is 4.50. The molecule has 0 fully saturated rings. The number of fused-ring (bicyclic) bond motifs is 1. The van der Waals surface area contributed by atoms with Crippen LogP contribution in [0, 0.1) is 0 Å². The average Bonchev–Trinajstić information content (AvgIpc) is 2.54. The van der Waals surface area contributed by atoms with Crippen LogP contribution in [0.2, 0.25) is 0 Å². The molecule has 1 atom stereocenters. The summed E-state index contributed by atoms with van der Waals surface area (Å²) in [6.07, 6.45) is 0. The molecule has 3 rings (SSSR count). The van der Waals surface area contributed by atoms with Crippen molar-refractivity contribution in [2.75, 3.05) is 0 Å². The maximum atomic E-state index is 10.2. The number of nitrogens with one attached hydrogen (secondary N) is 1. The van der Waals surface area contributed by atoms with Crippen LogP contribution in [0.25, 0.3) is 10.8 Å². The Balaban J connectivity index is 1.81. The van der Waals surface area contributed by atoms with Crippen molar-refractivity contribution in [3.8, 4) is 5.75 Å². The minimum absolute atomic E-state index is 0.214. The number of benzene rings is 3. The average molecular weight is 356 g/mol. The van der Waals surface area contributed by atoms with Crippen LogP contribution in [0.4, 0.5) is 0 Å². The van der Waals surface area contributed by atoms with Crippen molar-refractivity contribution in [1.29, 1.82) is 0 Å². The predicted octanol–water partition coefficient (Wildman–Crippen LogP) is 5.16. The number of hydrogen-bond donors (Lipinski definition) is 2. The summed E-state index contributed by atoms with van der Waals surface area (Å²) >= 11 is 3.45. The molecule has 0 spiro atoms. The van der Waals surface area contributed by atoms with Gasteiger partial charge in [-0.2, -0.15) is 0 Å². The fraction of sp³-hybridized carbons (Fsp3) is 0.158. The summed E-state index contributed by atoms with van der Waals surface area (Å²) in [7, 11) is 0. The van der Waals surface area contributed by atoms with E-state index in [9.17, 15) is 5.11 Å². The molecule has 0 saturated carbocycles. The van der Waals surface area contributed by atoms with E-state index in [4.69, 9.17) is 0 Å². The summed E-state index contributed by atoms with van der Waals surface area (Å²) in [5.74, 6) is 0.342. The zero-order chi connectivity index (χ0) is 15.5. The summed E-state index contributed by atoms with van der Waals surface area (Å²) in [6.45, 7) is 2.76. The fourth-order valence-electron chi connectivity index (χ4n) is 2.63. The second-order valence-corrected chi connectivity index (χ2v) is 6.35. The van der Waals surface area contributed by atoms with Gasteiger partial charge in [-0.3, -0.25) is 0 Å². The highest BCUT2D eigenvalue weighted by Crippen LogP contribution is 2.27. The smallest absolute Gasteiger partial charge is 0.120 e. The van der Waals surface area contributed by atoms with E-state index in [0.29, 0.717) is 12.3 Å².